The minimum Gasteiger partial charge on any atom is -0.502 e. The molecule has 2 aliphatic heterocycles. The van der Waals surface area contributed by atoms with E-state index in [1.165, 1.54) is 31.3 Å². The Morgan fingerprint density at radius 1 is 0.977 bits per heavy atom. The van der Waals surface area contributed by atoms with Crippen LogP contribution in [0, 0.1) is 34.9 Å². The zero-order valence-corrected chi connectivity index (χ0v) is 26.1. The van der Waals surface area contributed by atoms with Crippen LogP contribution in [0.2, 0.25) is 5.02 Å². The van der Waals surface area contributed by atoms with Gasteiger partial charge in [-0.15, -0.1) is 0 Å². The first-order valence-electron chi connectivity index (χ1n) is 14.5. The van der Waals surface area contributed by atoms with Gasteiger partial charge in [0, 0.05) is 11.5 Å². The third-order valence-electron chi connectivity index (χ3n) is 9.94. The number of hydrogen-bond acceptors (Lipinski definition) is 7. The predicted octanol–water partition coefficient (Wildman–Crippen LogP) is 5.23. The van der Waals surface area contributed by atoms with Gasteiger partial charge in [0.15, 0.2) is 11.5 Å². The van der Waals surface area contributed by atoms with Crippen molar-refractivity contribution >= 4 is 40.9 Å². The number of halogens is 2. The highest BCUT2D eigenvalue weighted by atomic mass is 35.5. The summed E-state index contributed by atoms with van der Waals surface area (Å²) in [6, 6.07) is 6.91. The average molecular weight is 625 g/mol. The van der Waals surface area contributed by atoms with E-state index in [0.29, 0.717) is 12.0 Å². The summed E-state index contributed by atoms with van der Waals surface area (Å²) in [4.78, 5) is 58.8. The molecule has 1 N–H and O–H groups in total. The van der Waals surface area contributed by atoms with Crippen molar-refractivity contribution in [2.45, 2.75) is 52.0 Å². The molecule has 2 saturated heterocycles. The molecule has 44 heavy (non-hydrogen) atoms. The number of hydrogen-bond donors (Lipinski definition) is 1. The molecule has 1 saturated carbocycles. The van der Waals surface area contributed by atoms with E-state index in [4.69, 9.17) is 21.1 Å². The van der Waals surface area contributed by atoms with Crippen LogP contribution >= 0.6 is 11.6 Å². The van der Waals surface area contributed by atoms with Crippen LogP contribution in [0.5, 0.6) is 17.2 Å². The molecule has 6 unspecified atom stereocenters. The Morgan fingerprint density at radius 3 is 2.18 bits per heavy atom. The Labute approximate surface area is 259 Å². The number of ether oxygens (including phenoxy) is 2. The molecule has 4 amide bonds. The van der Waals surface area contributed by atoms with Crippen molar-refractivity contribution in [3.63, 3.8) is 0 Å². The molecule has 9 nitrogen and oxygen atoms in total. The van der Waals surface area contributed by atoms with Crippen LogP contribution in [0.4, 0.5) is 10.1 Å². The van der Waals surface area contributed by atoms with Gasteiger partial charge in [-0.1, -0.05) is 23.3 Å². The molecule has 6 rings (SSSR count). The third-order valence-corrected chi connectivity index (χ3v) is 10.2. The van der Waals surface area contributed by atoms with Crippen molar-refractivity contribution in [3.8, 4) is 17.2 Å². The highest BCUT2D eigenvalue weighted by molar-refractivity contribution is 6.31. The second-order valence-electron chi connectivity index (χ2n) is 13.2. The monoisotopic (exact) mass is 624 g/mol. The topological polar surface area (TPSA) is 113 Å². The van der Waals surface area contributed by atoms with E-state index in [2.05, 4.69) is 0 Å². The van der Waals surface area contributed by atoms with Crippen molar-refractivity contribution in [2.75, 3.05) is 19.1 Å². The number of anilines is 1. The molecule has 232 valence electrons. The van der Waals surface area contributed by atoms with Gasteiger partial charge in [0.2, 0.25) is 29.4 Å². The van der Waals surface area contributed by atoms with Crippen LogP contribution in [-0.2, 0) is 19.2 Å². The molecule has 2 aliphatic carbocycles. The molecular weight excluding hydrogens is 591 g/mol. The second-order valence-corrected chi connectivity index (χ2v) is 13.6. The predicted molar refractivity (Wildman–Crippen MR) is 159 cm³/mol. The Morgan fingerprint density at radius 2 is 1.61 bits per heavy atom. The van der Waals surface area contributed by atoms with Crippen molar-refractivity contribution in [1.82, 2.24) is 4.90 Å². The standard InChI is InChI=1S/C33H34ClFN2O7/c1-32(2,3)37-28(39)18-9-8-17-19(25(18)30(37)41)14-20-29(40)36(16-7-10-22(35)21(34)13-16)31(42)33(20,4)26(17)15-11-23(43-5)27(38)24(12-15)44-6/h7-8,10-13,18-20,25-26,38H,9,14H2,1-6H3. The lowest BCUT2D eigenvalue weighted by atomic mass is 9.51. The molecule has 2 heterocycles. The lowest BCUT2D eigenvalue weighted by Crippen LogP contribution is -2.49. The van der Waals surface area contributed by atoms with Crippen LogP contribution in [0.15, 0.2) is 42.0 Å². The number of rotatable bonds is 4. The number of amides is 4. The molecule has 2 aromatic carbocycles. The van der Waals surface area contributed by atoms with Gasteiger partial charge in [-0.3, -0.25) is 24.1 Å². The smallest absolute Gasteiger partial charge is 0.241 e. The number of fused-ring (bicyclic) bond motifs is 4. The molecule has 2 aromatic rings. The highest BCUT2D eigenvalue weighted by Gasteiger charge is 2.68. The van der Waals surface area contributed by atoms with E-state index < -0.39 is 58.2 Å². The molecule has 0 bridgehead atoms. The molecule has 0 radical (unpaired) electrons. The van der Waals surface area contributed by atoms with Gasteiger partial charge in [-0.05, 0) is 82.3 Å². The number of phenolic OH excluding ortho intramolecular Hbond substituents is 1. The van der Waals surface area contributed by atoms with Gasteiger partial charge < -0.3 is 14.6 Å². The Hall–Kier alpha value is -3.92. The number of allylic oxidation sites excluding steroid dienone is 2. The summed E-state index contributed by atoms with van der Waals surface area (Å²) in [5, 5.41) is 10.5. The average Bonchev–Trinajstić information content (AvgIpc) is 3.34. The SMILES string of the molecule is COc1cc(C2C3=CCC4C(=O)N(C(C)(C)C)C(=O)C4C3CC3C(=O)N(c4ccc(F)c(Cl)c4)C(=O)C32C)cc(OC)c1O. The normalized spacial score (nSPS) is 29.8. The number of nitrogens with zero attached hydrogens (tertiary/aromatic N) is 2. The number of benzene rings is 2. The van der Waals surface area contributed by atoms with Crippen LogP contribution in [0.25, 0.3) is 0 Å². The van der Waals surface area contributed by atoms with Crippen LogP contribution in [0.3, 0.4) is 0 Å². The lowest BCUT2D eigenvalue weighted by molar-refractivity contribution is -0.145. The Bertz CT molecular complexity index is 1640. The number of imide groups is 2. The molecule has 4 aliphatic rings. The molecular formula is C33H34ClFN2O7. The summed E-state index contributed by atoms with van der Waals surface area (Å²) < 4.78 is 25.0. The first-order valence-corrected chi connectivity index (χ1v) is 14.9. The fourth-order valence-corrected chi connectivity index (χ4v) is 8.18. The second kappa shape index (κ2) is 10.1. The summed E-state index contributed by atoms with van der Waals surface area (Å²) in [5.74, 6) is -5.64. The largest absolute Gasteiger partial charge is 0.502 e. The minimum absolute atomic E-state index is 0.112. The molecule has 0 aromatic heterocycles. The van der Waals surface area contributed by atoms with Crippen molar-refractivity contribution < 1.29 is 38.1 Å². The van der Waals surface area contributed by atoms with Gasteiger partial charge in [0.1, 0.15) is 5.82 Å². The lowest BCUT2D eigenvalue weighted by Gasteiger charge is -2.49. The number of phenols is 1. The maximum atomic E-state index is 14.5. The summed E-state index contributed by atoms with van der Waals surface area (Å²) in [5.41, 5.74) is -0.624. The van der Waals surface area contributed by atoms with E-state index >= 15 is 0 Å². The first kappa shape index (κ1) is 30.1. The number of aromatic hydroxyl groups is 1. The van der Waals surface area contributed by atoms with E-state index in [0.717, 1.165) is 16.5 Å². The fourth-order valence-electron chi connectivity index (χ4n) is 8.01. The maximum absolute atomic E-state index is 14.5. The van der Waals surface area contributed by atoms with Crippen LogP contribution in [-0.4, -0.2) is 53.4 Å². The fraction of sp³-hybridized carbons (Fsp3) is 0.455. The van der Waals surface area contributed by atoms with Crippen molar-refractivity contribution in [2.24, 2.45) is 29.1 Å². The van der Waals surface area contributed by atoms with E-state index in [1.807, 2.05) is 26.8 Å². The van der Waals surface area contributed by atoms with E-state index in [-0.39, 0.29) is 46.2 Å². The van der Waals surface area contributed by atoms with Crippen molar-refractivity contribution in [1.29, 1.82) is 0 Å². The first-order chi connectivity index (χ1) is 20.7. The van der Waals surface area contributed by atoms with Gasteiger partial charge in [-0.2, -0.15) is 0 Å². The quantitative estimate of drug-likeness (QED) is 0.366. The van der Waals surface area contributed by atoms with Crippen molar-refractivity contribution in [3.05, 3.63) is 58.4 Å². The highest BCUT2D eigenvalue weighted by Crippen LogP contribution is 2.64. The van der Waals surface area contributed by atoms with Gasteiger partial charge >= 0.3 is 0 Å². The summed E-state index contributed by atoms with van der Waals surface area (Å²) in [6.07, 6.45) is 2.41. The zero-order valence-electron chi connectivity index (χ0n) is 25.3. The number of carbonyl (C=O) groups excluding carboxylic acids is 4. The number of likely N-dealkylation sites (tertiary alicyclic amines) is 1. The summed E-state index contributed by atoms with van der Waals surface area (Å²) >= 11 is 6.06. The van der Waals surface area contributed by atoms with Gasteiger partial charge in [-0.25, -0.2) is 9.29 Å². The Kier molecular flexibility index (Phi) is 6.88. The number of carbonyl (C=O) groups is 4. The van der Waals surface area contributed by atoms with Gasteiger partial charge in [0.05, 0.1) is 48.1 Å². The van der Waals surface area contributed by atoms with Crippen LogP contribution < -0.4 is 14.4 Å². The third kappa shape index (κ3) is 4.02. The summed E-state index contributed by atoms with van der Waals surface area (Å²) in [6.45, 7) is 7.17. The number of methoxy groups -OCH3 is 2. The van der Waals surface area contributed by atoms with E-state index in [9.17, 15) is 28.7 Å². The van der Waals surface area contributed by atoms with Crippen LogP contribution in [0.1, 0.15) is 52.0 Å². The Balaban J connectivity index is 1.56. The zero-order chi connectivity index (χ0) is 32.0. The molecule has 11 heteroatoms. The minimum atomic E-state index is -1.35. The molecule has 6 atom stereocenters. The van der Waals surface area contributed by atoms with Gasteiger partial charge in [0.25, 0.3) is 0 Å². The maximum Gasteiger partial charge on any atom is 0.241 e. The molecule has 3 fully saturated rings. The summed E-state index contributed by atoms with van der Waals surface area (Å²) in [7, 11) is 2.79. The molecule has 0 spiro atoms. The van der Waals surface area contributed by atoms with E-state index in [1.54, 1.807) is 19.1 Å².